The van der Waals surface area contributed by atoms with Crippen LogP contribution in [0.25, 0.3) is 0 Å². The first-order chi connectivity index (χ1) is 13.9. The zero-order chi connectivity index (χ0) is 20.7. The number of piperazine rings is 1. The molecule has 2 amide bonds. The van der Waals surface area contributed by atoms with E-state index in [0.29, 0.717) is 25.2 Å². The fourth-order valence-corrected chi connectivity index (χ4v) is 3.13. The number of nitrogens with zero attached hydrogens (tertiary/aromatic N) is 2. The van der Waals surface area contributed by atoms with E-state index in [1.54, 1.807) is 29.2 Å². The molecule has 1 N–H and O–H groups in total. The lowest BCUT2D eigenvalue weighted by atomic mass is 10.1. The van der Waals surface area contributed by atoms with Crippen LogP contribution in [0.1, 0.15) is 11.1 Å². The number of hydrogen-bond acceptors (Lipinski definition) is 3. The number of hydrogen-bond donors (Lipinski definition) is 1. The molecule has 0 spiro atoms. The molecule has 1 heterocycles. The minimum absolute atomic E-state index is 0.0994. The fraction of sp³-hybridized carbons (Fsp3) is 0.381. The lowest BCUT2D eigenvalue weighted by Gasteiger charge is -2.36. The van der Waals surface area contributed by atoms with E-state index < -0.39 is 12.8 Å². The van der Waals surface area contributed by atoms with E-state index in [-0.39, 0.29) is 12.6 Å². The van der Waals surface area contributed by atoms with Crippen molar-refractivity contribution >= 4 is 11.7 Å². The number of nitrogens with one attached hydrogen (secondary N) is 1. The molecule has 29 heavy (non-hydrogen) atoms. The smallest absolute Gasteiger partial charge is 0.368 e. The van der Waals surface area contributed by atoms with Gasteiger partial charge in [0.2, 0.25) is 0 Å². The molecule has 1 aliphatic heterocycles. The summed E-state index contributed by atoms with van der Waals surface area (Å²) in [5, 5.41) is 2.89. The maximum atomic E-state index is 12.4. The van der Waals surface area contributed by atoms with Gasteiger partial charge in [0.1, 0.15) is 6.61 Å². The number of alkyl halides is 3. The lowest BCUT2D eigenvalue weighted by Crippen LogP contribution is -2.51. The number of amides is 2. The first-order valence-corrected chi connectivity index (χ1v) is 9.46. The Hall–Kier alpha value is -2.74. The lowest BCUT2D eigenvalue weighted by molar-refractivity contribution is -0.176. The molecular formula is C21H24F3N3O2. The van der Waals surface area contributed by atoms with Crippen LogP contribution in [0, 0.1) is 0 Å². The fourth-order valence-electron chi connectivity index (χ4n) is 3.13. The van der Waals surface area contributed by atoms with Crippen molar-refractivity contribution in [1.29, 1.82) is 0 Å². The Morgan fingerprint density at radius 1 is 0.931 bits per heavy atom. The van der Waals surface area contributed by atoms with Crippen molar-refractivity contribution in [2.24, 2.45) is 0 Å². The van der Waals surface area contributed by atoms with E-state index in [0.717, 1.165) is 24.3 Å². The predicted molar refractivity (Wildman–Crippen MR) is 105 cm³/mol. The third kappa shape index (κ3) is 6.67. The predicted octanol–water partition coefficient (Wildman–Crippen LogP) is 3.80. The van der Waals surface area contributed by atoms with Crippen LogP contribution >= 0.6 is 0 Å². The van der Waals surface area contributed by atoms with Crippen LogP contribution in [0.4, 0.5) is 23.7 Å². The van der Waals surface area contributed by atoms with Crippen molar-refractivity contribution in [3.05, 3.63) is 65.7 Å². The Balaban J connectivity index is 1.39. The minimum Gasteiger partial charge on any atom is -0.368 e. The maximum absolute atomic E-state index is 12.4. The van der Waals surface area contributed by atoms with Gasteiger partial charge >= 0.3 is 12.2 Å². The highest BCUT2D eigenvalue weighted by atomic mass is 19.4. The van der Waals surface area contributed by atoms with Crippen LogP contribution in [0.5, 0.6) is 0 Å². The molecule has 2 aromatic carbocycles. The van der Waals surface area contributed by atoms with Gasteiger partial charge in [-0.15, -0.1) is 0 Å². The molecule has 1 fully saturated rings. The van der Waals surface area contributed by atoms with Crippen molar-refractivity contribution in [3.8, 4) is 0 Å². The van der Waals surface area contributed by atoms with Gasteiger partial charge in [-0.3, -0.25) is 0 Å². The number of halogens is 3. The monoisotopic (exact) mass is 407 g/mol. The van der Waals surface area contributed by atoms with Gasteiger partial charge in [-0.2, -0.15) is 13.2 Å². The molecule has 5 nitrogen and oxygen atoms in total. The summed E-state index contributed by atoms with van der Waals surface area (Å²) in [6.07, 6.45) is -4.32. The molecule has 0 radical (unpaired) electrons. The number of carbonyl (C=O) groups is 1. The molecule has 0 atom stereocenters. The normalized spacial score (nSPS) is 14.7. The average molecular weight is 407 g/mol. The summed E-state index contributed by atoms with van der Waals surface area (Å²) in [7, 11) is 0. The van der Waals surface area contributed by atoms with Gasteiger partial charge in [-0.1, -0.05) is 42.5 Å². The molecule has 3 rings (SSSR count). The largest absolute Gasteiger partial charge is 0.411 e. The van der Waals surface area contributed by atoms with Crippen molar-refractivity contribution in [2.45, 2.75) is 19.3 Å². The number of rotatable bonds is 6. The van der Waals surface area contributed by atoms with Gasteiger partial charge in [0.15, 0.2) is 0 Å². The summed E-state index contributed by atoms with van der Waals surface area (Å²) < 4.78 is 40.9. The summed E-state index contributed by atoms with van der Waals surface area (Å²) in [6.45, 7) is 1.86. The van der Waals surface area contributed by atoms with Crippen LogP contribution in [0.2, 0.25) is 0 Å². The molecule has 2 aromatic rings. The third-order valence-corrected chi connectivity index (χ3v) is 4.69. The summed E-state index contributed by atoms with van der Waals surface area (Å²) in [4.78, 5) is 16.4. The number of urea groups is 1. The number of ether oxygens (including phenoxy) is 1. The van der Waals surface area contributed by atoms with E-state index >= 15 is 0 Å². The van der Waals surface area contributed by atoms with Gasteiger partial charge in [-0.05, 0) is 23.3 Å². The second-order valence-electron chi connectivity index (χ2n) is 6.89. The molecule has 1 saturated heterocycles. The molecule has 0 saturated carbocycles. The molecule has 8 heteroatoms. The van der Waals surface area contributed by atoms with E-state index in [2.05, 4.69) is 27.1 Å². The van der Waals surface area contributed by atoms with E-state index in [1.807, 2.05) is 18.2 Å². The van der Waals surface area contributed by atoms with E-state index in [9.17, 15) is 18.0 Å². The average Bonchev–Trinajstić information content (AvgIpc) is 2.73. The molecule has 1 aliphatic rings. The van der Waals surface area contributed by atoms with Gasteiger partial charge in [-0.25, -0.2) is 4.79 Å². The molecule has 0 bridgehead atoms. The second kappa shape index (κ2) is 9.65. The van der Waals surface area contributed by atoms with Crippen LogP contribution in [-0.4, -0.2) is 49.9 Å². The standard InChI is InChI=1S/C21H24F3N3O2/c22-21(23,24)16-29-15-18-8-6-17(7-9-18)14-25-20(28)27-12-10-26(11-13-27)19-4-2-1-3-5-19/h1-9H,10-16H2,(H,25,28). The molecular weight excluding hydrogens is 383 g/mol. The SMILES string of the molecule is O=C(NCc1ccc(COCC(F)(F)F)cc1)N1CCN(c2ccccc2)CC1. The Morgan fingerprint density at radius 2 is 1.55 bits per heavy atom. The maximum Gasteiger partial charge on any atom is 0.411 e. The number of carbonyl (C=O) groups excluding carboxylic acids is 1. The van der Waals surface area contributed by atoms with Crippen LogP contribution in [-0.2, 0) is 17.9 Å². The molecule has 156 valence electrons. The van der Waals surface area contributed by atoms with Crippen molar-refractivity contribution in [2.75, 3.05) is 37.7 Å². The van der Waals surface area contributed by atoms with E-state index in [1.165, 1.54) is 0 Å². The number of benzene rings is 2. The number of anilines is 1. The third-order valence-electron chi connectivity index (χ3n) is 4.69. The van der Waals surface area contributed by atoms with Gasteiger partial charge in [0.05, 0.1) is 6.61 Å². The molecule has 0 aromatic heterocycles. The summed E-state index contributed by atoms with van der Waals surface area (Å²) in [5.41, 5.74) is 2.69. The minimum atomic E-state index is -4.32. The van der Waals surface area contributed by atoms with Gasteiger partial charge in [0, 0.05) is 38.4 Å². The first kappa shape index (κ1) is 21.0. The molecule has 0 aliphatic carbocycles. The van der Waals surface area contributed by atoms with Crippen molar-refractivity contribution < 1.29 is 22.7 Å². The van der Waals surface area contributed by atoms with E-state index in [4.69, 9.17) is 0 Å². The summed E-state index contributed by atoms with van der Waals surface area (Å²) in [5.74, 6) is 0. The van der Waals surface area contributed by atoms with Crippen molar-refractivity contribution in [1.82, 2.24) is 10.2 Å². The van der Waals surface area contributed by atoms with Crippen LogP contribution in [0.3, 0.4) is 0 Å². The highest BCUT2D eigenvalue weighted by molar-refractivity contribution is 5.74. The topological polar surface area (TPSA) is 44.8 Å². The number of para-hydroxylation sites is 1. The Kier molecular flexibility index (Phi) is 6.98. The zero-order valence-corrected chi connectivity index (χ0v) is 16.0. The Labute approximate surface area is 168 Å². The summed E-state index contributed by atoms with van der Waals surface area (Å²) in [6, 6.07) is 17.0. The molecule has 0 unspecified atom stereocenters. The van der Waals surface area contributed by atoms with Gasteiger partial charge in [0.25, 0.3) is 0 Å². The highest BCUT2D eigenvalue weighted by Gasteiger charge is 2.27. The van der Waals surface area contributed by atoms with Crippen LogP contribution < -0.4 is 10.2 Å². The first-order valence-electron chi connectivity index (χ1n) is 9.46. The Bertz CT molecular complexity index is 774. The van der Waals surface area contributed by atoms with Crippen LogP contribution in [0.15, 0.2) is 54.6 Å². The Morgan fingerprint density at radius 3 is 2.17 bits per heavy atom. The quantitative estimate of drug-likeness (QED) is 0.792. The second-order valence-corrected chi connectivity index (χ2v) is 6.89. The zero-order valence-electron chi connectivity index (χ0n) is 16.0. The van der Waals surface area contributed by atoms with Crippen molar-refractivity contribution in [3.63, 3.8) is 0 Å². The highest BCUT2D eigenvalue weighted by Crippen LogP contribution is 2.17. The summed E-state index contributed by atoms with van der Waals surface area (Å²) >= 11 is 0. The van der Waals surface area contributed by atoms with Gasteiger partial charge < -0.3 is 19.9 Å².